The molecule has 0 atom stereocenters. The lowest BCUT2D eigenvalue weighted by molar-refractivity contribution is 0.619. The molecular formula is C15H20ClN3. The highest BCUT2D eigenvalue weighted by Crippen LogP contribution is 2.23. The van der Waals surface area contributed by atoms with Crippen LogP contribution in [0.1, 0.15) is 30.8 Å². The van der Waals surface area contributed by atoms with Crippen molar-refractivity contribution in [1.82, 2.24) is 9.78 Å². The summed E-state index contributed by atoms with van der Waals surface area (Å²) in [5, 5.41) is 8.69. The molecule has 0 radical (unpaired) electrons. The van der Waals surface area contributed by atoms with Gasteiger partial charge >= 0.3 is 0 Å². The van der Waals surface area contributed by atoms with Gasteiger partial charge in [0, 0.05) is 6.54 Å². The van der Waals surface area contributed by atoms with Gasteiger partial charge in [-0.2, -0.15) is 5.10 Å². The Morgan fingerprint density at radius 1 is 1.26 bits per heavy atom. The summed E-state index contributed by atoms with van der Waals surface area (Å²) in [6.45, 7) is 7.92. The molecule has 1 aromatic heterocycles. The molecule has 0 unspecified atom stereocenters. The van der Waals surface area contributed by atoms with Gasteiger partial charge in [-0.05, 0) is 44.0 Å². The van der Waals surface area contributed by atoms with Crippen LogP contribution in [0.4, 0.5) is 5.69 Å². The number of aromatic nitrogens is 2. The minimum Gasteiger partial charge on any atom is -0.378 e. The first-order valence-corrected chi connectivity index (χ1v) is 7.07. The van der Waals surface area contributed by atoms with Gasteiger partial charge < -0.3 is 5.32 Å². The van der Waals surface area contributed by atoms with Crippen molar-refractivity contribution in [2.24, 2.45) is 0 Å². The highest BCUT2D eigenvalue weighted by atomic mass is 35.5. The van der Waals surface area contributed by atoms with Gasteiger partial charge in [-0.3, -0.25) is 4.68 Å². The van der Waals surface area contributed by atoms with E-state index in [1.165, 1.54) is 11.3 Å². The molecule has 1 heterocycles. The van der Waals surface area contributed by atoms with Crippen molar-refractivity contribution in [1.29, 1.82) is 0 Å². The molecule has 0 amide bonds. The molecule has 0 fully saturated rings. The number of benzene rings is 1. The first-order valence-electron chi connectivity index (χ1n) is 6.69. The number of hydrogen-bond donors (Lipinski definition) is 1. The fourth-order valence-electron chi connectivity index (χ4n) is 2.06. The number of anilines is 1. The number of rotatable bonds is 5. The quantitative estimate of drug-likeness (QED) is 0.894. The average molecular weight is 278 g/mol. The summed E-state index contributed by atoms with van der Waals surface area (Å²) >= 11 is 6.18. The molecule has 0 saturated heterocycles. The van der Waals surface area contributed by atoms with E-state index in [1.54, 1.807) is 0 Å². The number of hydrogen-bond acceptors (Lipinski definition) is 2. The molecule has 0 aliphatic heterocycles. The van der Waals surface area contributed by atoms with Gasteiger partial charge in [0.15, 0.2) is 0 Å². The Hall–Kier alpha value is -1.48. The lowest BCUT2D eigenvalue weighted by Crippen LogP contribution is -2.08. The SMILES string of the molecule is CCc1cc(CNc2cc(C)ccc2Cl)n(CC)n1. The molecule has 0 spiro atoms. The van der Waals surface area contributed by atoms with E-state index in [-0.39, 0.29) is 0 Å². The second-order valence-electron chi connectivity index (χ2n) is 4.63. The van der Waals surface area contributed by atoms with Crippen LogP contribution in [0, 0.1) is 6.92 Å². The first-order chi connectivity index (χ1) is 9.13. The van der Waals surface area contributed by atoms with Crippen LogP contribution in [0.25, 0.3) is 0 Å². The van der Waals surface area contributed by atoms with Crippen LogP contribution < -0.4 is 5.32 Å². The van der Waals surface area contributed by atoms with Crippen molar-refractivity contribution in [2.75, 3.05) is 5.32 Å². The molecule has 4 heteroatoms. The summed E-state index contributed by atoms with van der Waals surface area (Å²) in [4.78, 5) is 0. The molecule has 2 rings (SSSR count). The monoisotopic (exact) mass is 277 g/mol. The molecule has 0 saturated carbocycles. The molecule has 1 N–H and O–H groups in total. The van der Waals surface area contributed by atoms with Crippen molar-refractivity contribution in [3.8, 4) is 0 Å². The third kappa shape index (κ3) is 3.29. The van der Waals surface area contributed by atoms with E-state index < -0.39 is 0 Å². The minimum atomic E-state index is 0.740. The third-order valence-corrected chi connectivity index (χ3v) is 3.49. The number of halogens is 1. The Morgan fingerprint density at radius 2 is 2.05 bits per heavy atom. The maximum Gasteiger partial charge on any atom is 0.0637 e. The second kappa shape index (κ2) is 6.11. The largest absolute Gasteiger partial charge is 0.378 e. The van der Waals surface area contributed by atoms with Crippen molar-refractivity contribution < 1.29 is 0 Å². The third-order valence-electron chi connectivity index (χ3n) is 3.16. The topological polar surface area (TPSA) is 29.9 Å². The lowest BCUT2D eigenvalue weighted by Gasteiger charge is -2.10. The van der Waals surface area contributed by atoms with Gasteiger partial charge in [-0.1, -0.05) is 24.6 Å². The molecule has 2 aromatic rings. The molecule has 0 bridgehead atoms. The average Bonchev–Trinajstić information content (AvgIpc) is 2.82. The minimum absolute atomic E-state index is 0.740. The van der Waals surface area contributed by atoms with E-state index >= 15 is 0 Å². The molecule has 1 aromatic carbocycles. The number of aryl methyl sites for hydroxylation is 3. The van der Waals surface area contributed by atoms with E-state index in [2.05, 4.69) is 43.3 Å². The van der Waals surface area contributed by atoms with Crippen LogP contribution in [0.5, 0.6) is 0 Å². The Morgan fingerprint density at radius 3 is 2.74 bits per heavy atom. The Balaban J connectivity index is 2.13. The zero-order valence-corrected chi connectivity index (χ0v) is 12.5. The molecule has 19 heavy (non-hydrogen) atoms. The van der Waals surface area contributed by atoms with E-state index in [0.717, 1.165) is 35.9 Å². The van der Waals surface area contributed by atoms with Crippen LogP contribution in [-0.2, 0) is 19.5 Å². The zero-order chi connectivity index (χ0) is 13.8. The maximum absolute atomic E-state index is 6.18. The summed E-state index contributed by atoms with van der Waals surface area (Å²) < 4.78 is 2.04. The van der Waals surface area contributed by atoms with E-state index in [4.69, 9.17) is 11.6 Å². The van der Waals surface area contributed by atoms with Crippen molar-refractivity contribution in [3.63, 3.8) is 0 Å². The predicted octanol–water partition coefficient (Wildman–Crippen LogP) is 4.04. The van der Waals surface area contributed by atoms with Gasteiger partial charge in [0.25, 0.3) is 0 Å². The molecule has 102 valence electrons. The number of nitrogens with one attached hydrogen (secondary N) is 1. The fourth-order valence-corrected chi connectivity index (χ4v) is 2.25. The van der Waals surface area contributed by atoms with Crippen LogP contribution in [0.15, 0.2) is 24.3 Å². The normalized spacial score (nSPS) is 10.7. The fraction of sp³-hybridized carbons (Fsp3) is 0.400. The Labute approximate surface area is 119 Å². The van der Waals surface area contributed by atoms with E-state index in [0.29, 0.717) is 0 Å². The maximum atomic E-state index is 6.18. The van der Waals surface area contributed by atoms with E-state index in [1.807, 2.05) is 16.8 Å². The van der Waals surface area contributed by atoms with Crippen LogP contribution in [0.3, 0.4) is 0 Å². The first kappa shape index (κ1) is 13.9. The summed E-state index contributed by atoms with van der Waals surface area (Å²) in [6.07, 6.45) is 0.963. The number of nitrogens with zero attached hydrogens (tertiary/aromatic N) is 2. The zero-order valence-electron chi connectivity index (χ0n) is 11.7. The summed E-state index contributed by atoms with van der Waals surface area (Å²) in [5.41, 5.74) is 4.50. The predicted molar refractivity (Wildman–Crippen MR) is 80.8 cm³/mol. The van der Waals surface area contributed by atoms with Crippen LogP contribution in [0.2, 0.25) is 5.02 Å². The summed E-state index contributed by atoms with van der Waals surface area (Å²) in [5.74, 6) is 0. The van der Waals surface area contributed by atoms with Gasteiger partial charge in [-0.15, -0.1) is 0 Å². The molecule has 0 aliphatic carbocycles. The molecule has 0 aliphatic rings. The van der Waals surface area contributed by atoms with Crippen molar-refractivity contribution in [3.05, 3.63) is 46.2 Å². The van der Waals surface area contributed by atoms with Gasteiger partial charge in [0.05, 0.1) is 28.6 Å². The van der Waals surface area contributed by atoms with Gasteiger partial charge in [0.1, 0.15) is 0 Å². The summed E-state index contributed by atoms with van der Waals surface area (Å²) in [7, 11) is 0. The van der Waals surface area contributed by atoms with Gasteiger partial charge in [-0.25, -0.2) is 0 Å². The van der Waals surface area contributed by atoms with E-state index in [9.17, 15) is 0 Å². The van der Waals surface area contributed by atoms with Crippen molar-refractivity contribution >= 4 is 17.3 Å². The van der Waals surface area contributed by atoms with Gasteiger partial charge in [0.2, 0.25) is 0 Å². The standard InChI is InChI=1S/C15H20ClN3/c1-4-12-9-13(19(5-2)18-12)10-17-15-8-11(3)6-7-14(15)16/h6-9,17H,4-5,10H2,1-3H3. The second-order valence-corrected chi connectivity index (χ2v) is 5.04. The summed E-state index contributed by atoms with van der Waals surface area (Å²) in [6, 6.07) is 8.16. The lowest BCUT2D eigenvalue weighted by atomic mass is 10.2. The Bertz CT molecular complexity index is 561. The van der Waals surface area contributed by atoms with Crippen molar-refractivity contribution in [2.45, 2.75) is 40.3 Å². The smallest absolute Gasteiger partial charge is 0.0637 e. The van der Waals surface area contributed by atoms with Crippen LogP contribution >= 0.6 is 11.6 Å². The Kier molecular flexibility index (Phi) is 4.48. The highest BCUT2D eigenvalue weighted by Gasteiger charge is 2.06. The molecular weight excluding hydrogens is 258 g/mol. The highest BCUT2D eigenvalue weighted by molar-refractivity contribution is 6.33. The molecule has 3 nitrogen and oxygen atoms in total. The van der Waals surface area contributed by atoms with Crippen LogP contribution in [-0.4, -0.2) is 9.78 Å².